The lowest BCUT2D eigenvalue weighted by molar-refractivity contribution is -0.139. The van der Waals surface area contributed by atoms with Gasteiger partial charge in [-0.25, -0.2) is 9.37 Å². The van der Waals surface area contributed by atoms with Crippen molar-refractivity contribution in [2.45, 2.75) is 25.1 Å². The zero-order valence-electron chi connectivity index (χ0n) is 11.2. The van der Waals surface area contributed by atoms with Gasteiger partial charge in [0.1, 0.15) is 11.6 Å². The number of alkyl halides is 3. The van der Waals surface area contributed by atoms with Crippen LogP contribution < -0.4 is 0 Å². The smallest absolute Gasteiger partial charge is 0.388 e. The highest BCUT2D eigenvalue weighted by molar-refractivity contribution is 5.32. The van der Waals surface area contributed by atoms with E-state index in [1.54, 1.807) is 24.0 Å². The van der Waals surface area contributed by atoms with Crippen LogP contribution in [0.1, 0.15) is 29.5 Å². The highest BCUT2D eigenvalue weighted by Crippen LogP contribution is 2.36. The van der Waals surface area contributed by atoms with Crippen LogP contribution in [-0.4, -0.2) is 14.7 Å². The molecular formula is C14H14F4N2O. The molecule has 0 aliphatic carbocycles. The summed E-state index contributed by atoms with van der Waals surface area (Å²) in [7, 11) is 1.75. The lowest BCUT2D eigenvalue weighted by Gasteiger charge is -2.17. The van der Waals surface area contributed by atoms with Gasteiger partial charge in [-0.05, 0) is 30.2 Å². The number of nitrogens with zero attached hydrogens (tertiary/aromatic N) is 2. The average Bonchev–Trinajstić information content (AvgIpc) is 2.80. The molecular weight excluding hydrogens is 288 g/mol. The van der Waals surface area contributed by atoms with Crippen molar-refractivity contribution in [3.05, 3.63) is 53.4 Å². The quantitative estimate of drug-likeness (QED) is 0.881. The molecule has 0 saturated carbocycles. The van der Waals surface area contributed by atoms with Crippen LogP contribution in [-0.2, 0) is 19.6 Å². The summed E-state index contributed by atoms with van der Waals surface area (Å²) in [4.78, 5) is 4.03. The summed E-state index contributed by atoms with van der Waals surface area (Å²) in [5, 5.41) is 9.98. The molecule has 1 aromatic heterocycles. The molecule has 1 heterocycles. The van der Waals surface area contributed by atoms with Gasteiger partial charge < -0.3 is 9.67 Å². The van der Waals surface area contributed by atoms with Crippen molar-refractivity contribution in [2.24, 2.45) is 7.05 Å². The van der Waals surface area contributed by atoms with Crippen molar-refractivity contribution >= 4 is 0 Å². The largest absolute Gasteiger partial charge is 0.416 e. The zero-order valence-corrected chi connectivity index (χ0v) is 11.2. The molecule has 0 aliphatic rings. The lowest BCUT2D eigenvalue weighted by atomic mass is 9.98. The van der Waals surface area contributed by atoms with E-state index in [4.69, 9.17) is 0 Å². The first-order valence-electron chi connectivity index (χ1n) is 6.30. The number of hydrogen-bond donors (Lipinski definition) is 1. The third kappa shape index (κ3) is 3.60. The molecule has 0 amide bonds. The third-order valence-corrected chi connectivity index (χ3v) is 3.24. The van der Waals surface area contributed by atoms with Crippen LogP contribution in [0.2, 0.25) is 0 Å². The number of imidazole rings is 1. The predicted octanol–water partition coefficient (Wildman–Crippen LogP) is 3.24. The molecule has 0 bridgehead atoms. The van der Waals surface area contributed by atoms with Gasteiger partial charge in [0, 0.05) is 25.9 Å². The van der Waals surface area contributed by atoms with Crippen molar-refractivity contribution in [3.8, 4) is 0 Å². The van der Waals surface area contributed by atoms with Crippen LogP contribution in [0.4, 0.5) is 17.6 Å². The molecule has 1 unspecified atom stereocenters. The van der Waals surface area contributed by atoms with E-state index < -0.39 is 29.2 Å². The average molecular weight is 302 g/mol. The van der Waals surface area contributed by atoms with E-state index in [9.17, 15) is 22.7 Å². The first kappa shape index (κ1) is 15.5. The first-order chi connectivity index (χ1) is 9.79. The zero-order chi connectivity index (χ0) is 15.6. The monoisotopic (exact) mass is 302 g/mol. The highest BCUT2D eigenvalue weighted by Gasteiger charge is 2.35. The van der Waals surface area contributed by atoms with Crippen LogP contribution in [0.3, 0.4) is 0 Å². The summed E-state index contributed by atoms with van der Waals surface area (Å²) in [5.41, 5.74) is -1.46. The van der Waals surface area contributed by atoms with Gasteiger partial charge in [-0.3, -0.25) is 0 Å². The van der Waals surface area contributed by atoms with E-state index in [-0.39, 0.29) is 6.42 Å². The van der Waals surface area contributed by atoms with E-state index in [0.29, 0.717) is 18.3 Å². The molecule has 3 nitrogen and oxygen atoms in total. The maximum absolute atomic E-state index is 13.2. The van der Waals surface area contributed by atoms with Gasteiger partial charge in [-0.1, -0.05) is 0 Å². The minimum absolute atomic E-state index is 0.0252. The summed E-state index contributed by atoms with van der Waals surface area (Å²) < 4.78 is 53.5. The normalized spacial score (nSPS) is 13.4. The molecule has 0 fully saturated rings. The topological polar surface area (TPSA) is 38.0 Å². The molecule has 2 aromatic rings. The van der Waals surface area contributed by atoms with E-state index in [2.05, 4.69) is 4.98 Å². The Balaban J connectivity index is 2.20. The molecule has 0 radical (unpaired) electrons. The maximum atomic E-state index is 13.2. The van der Waals surface area contributed by atoms with E-state index in [1.807, 2.05) is 0 Å². The fraction of sp³-hybridized carbons (Fsp3) is 0.357. The minimum atomic E-state index is -4.63. The molecule has 0 spiro atoms. The molecule has 0 aliphatic heterocycles. The predicted molar refractivity (Wildman–Crippen MR) is 67.9 cm³/mol. The molecule has 7 heteroatoms. The summed E-state index contributed by atoms with van der Waals surface area (Å²) >= 11 is 0. The first-order valence-corrected chi connectivity index (χ1v) is 6.30. The molecule has 1 aromatic carbocycles. The van der Waals surface area contributed by atoms with Crippen LogP contribution in [0.15, 0.2) is 30.6 Å². The lowest BCUT2D eigenvalue weighted by Crippen LogP contribution is -2.13. The number of aliphatic hydroxyl groups is 1. The number of benzene rings is 1. The van der Waals surface area contributed by atoms with Gasteiger partial charge in [0.2, 0.25) is 0 Å². The minimum Gasteiger partial charge on any atom is -0.388 e. The van der Waals surface area contributed by atoms with Crippen molar-refractivity contribution in [1.29, 1.82) is 0 Å². The highest BCUT2D eigenvalue weighted by atomic mass is 19.4. The Labute approximate surface area is 118 Å². The van der Waals surface area contributed by atoms with Gasteiger partial charge in [0.25, 0.3) is 0 Å². The summed E-state index contributed by atoms with van der Waals surface area (Å²) in [5.74, 6) is -0.173. The molecule has 1 N–H and O–H groups in total. The fourth-order valence-corrected chi connectivity index (χ4v) is 2.13. The second kappa shape index (κ2) is 5.85. The Morgan fingerprint density at radius 1 is 1.33 bits per heavy atom. The third-order valence-electron chi connectivity index (χ3n) is 3.24. The van der Waals surface area contributed by atoms with E-state index in [1.165, 1.54) is 0 Å². The second-order valence-electron chi connectivity index (χ2n) is 4.74. The van der Waals surface area contributed by atoms with E-state index in [0.717, 1.165) is 12.1 Å². The van der Waals surface area contributed by atoms with Gasteiger partial charge in [0.15, 0.2) is 0 Å². The molecule has 0 saturated heterocycles. The molecule has 1 atom stereocenters. The fourth-order valence-electron chi connectivity index (χ4n) is 2.13. The number of rotatable bonds is 4. The van der Waals surface area contributed by atoms with Crippen molar-refractivity contribution in [1.82, 2.24) is 9.55 Å². The Morgan fingerprint density at radius 2 is 2.05 bits per heavy atom. The van der Waals surface area contributed by atoms with E-state index >= 15 is 0 Å². The standard InChI is InChI=1S/C14H14F4N2O/c1-20-7-6-19-13(20)5-4-12(21)10-8-9(15)2-3-11(10)14(16,17)18/h2-3,6-8,12,21H,4-5H2,1H3. The Bertz CT molecular complexity index is 622. The second-order valence-corrected chi connectivity index (χ2v) is 4.74. The molecule has 114 valence electrons. The Hall–Kier alpha value is -1.89. The number of halogens is 4. The van der Waals surface area contributed by atoms with Crippen LogP contribution >= 0.6 is 0 Å². The number of aromatic nitrogens is 2. The maximum Gasteiger partial charge on any atom is 0.416 e. The summed E-state index contributed by atoms with van der Waals surface area (Å²) in [6, 6.07) is 2.11. The molecule has 2 rings (SSSR count). The Morgan fingerprint density at radius 3 is 2.62 bits per heavy atom. The summed E-state index contributed by atoms with van der Waals surface area (Å²) in [6.07, 6.45) is -2.46. The van der Waals surface area contributed by atoms with Gasteiger partial charge in [-0.2, -0.15) is 13.2 Å². The molecule has 21 heavy (non-hydrogen) atoms. The SMILES string of the molecule is Cn1ccnc1CCC(O)c1cc(F)ccc1C(F)(F)F. The Kier molecular flexibility index (Phi) is 4.32. The number of aryl methyl sites for hydroxylation is 2. The van der Waals surface area contributed by atoms with Crippen LogP contribution in [0.5, 0.6) is 0 Å². The number of aliphatic hydroxyl groups excluding tert-OH is 1. The van der Waals surface area contributed by atoms with Crippen molar-refractivity contribution in [2.75, 3.05) is 0 Å². The van der Waals surface area contributed by atoms with Gasteiger partial charge in [0.05, 0.1) is 11.7 Å². The van der Waals surface area contributed by atoms with Crippen molar-refractivity contribution < 1.29 is 22.7 Å². The van der Waals surface area contributed by atoms with Crippen LogP contribution in [0, 0.1) is 5.82 Å². The number of hydrogen-bond acceptors (Lipinski definition) is 2. The van der Waals surface area contributed by atoms with Gasteiger partial charge in [-0.15, -0.1) is 0 Å². The van der Waals surface area contributed by atoms with Gasteiger partial charge >= 0.3 is 6.18 Å². The summed E-state index contributed by atoms with van der Waals surface area (Å²) in [6.45, 7) is 0. The van der Waals surface area contributed by atoms with Crippen molar-refractivity contribution in [3.63, 3.8) is 0 Å². The van der Waals surface area contributed by atoms with Crippen LogP contribution in [0.25, 0.3) is 0 Å².